The Morgan fingerprint density at radius 2 is 2.45 bits per heavy atom. The van der Waals surface area contributed by atoms with E-state index in [4.69, 9.17) is 5.73 Å². The van der Waals surface area contributed by atoms with Crippen molar-refractivity contribution < 1.29 is 12.6 Å². The molecule has 0 aromatic carbocycles. The van der Waals surface area contributed by atoms with Gasteiger partial charge in [-0.2, -0.15) is 8.42 Å². The molecular weight excluding hydrogens is 188 g/mol. The molecule has 0 fully saturated rings. The fourth-order valence-electron chi connectivity index (χ4n) is 0.475. The standard InChI is InChI=1S/C4H6N2O3S2/c5-2-9-11(7,8)4-1-6-3-10-4/h1,3H,2,5H2. The van der Waals surface area contributed by atoms with Gasteiger partial charge in [0.15, 0.2) is 4.21 Å². The predicted molar refractivity (Wildman–Crippen MR) is 39.4 cm³/mol. The van der Waals surface area contributed by atoms with Gasteiger partial charge in [-0.15, -0.1) is 11.3 Å². The molecular formula is C4H6N2O3S2. The van der Waals surface area contributed by atoms with Crippen LogP contribution in [0.4, 0.5) is 0 Å². The first kappa shape index (κ1) is 8.60. The highest BCUT2D eigenvalue weighted by Gasteiger charge is 2.15. The van der Waals surface area contributed by atoms with Gasteiger partial charge < -0.3 is 5.73 Å². The molecule has 0 aliphatic carbocycles. The number of nitrogens with zero attached hydrogens (tertiary/aromatic N) is 1. The molecule has 0 unspecified atom stereocenters. The Morgan fingerprint density at radius 1 is 1.73 bits per heavy atom. The molecule has 0 atom stereocenters. The molecule has 1 heterocycles. The molecule has 1 rings (SSSR count). The van der Waals surface area contributed by atoms with E-state index in [1.807, 2.05) is 0 Å². The van der Waals surface area contributed by atoms with Crippen molar-refractivity contribution in [2.24, 2.45) is 5.73 Å². The zero-order chi connectivity index (χ0) is 8.32. The number of nitrogens with two attached hydrogens (primary N) is 1. The van der Waals surface area contributed by atoms with Gasteiger partial charge in [-0.05, 0) is 0 Å². The van der Waals surface area contributed by atoms with E-state index in [1.54, 1.807) is 0 Å². The van der Waals surface area contributed by atoms with Crippen LogP contribution in [0.15, 0.2) is 15.9 Å². The van der Waals surface area contributed by atoms with E-state index in [9.17, 15) is 8.42 Å². The SMILES string of the molecule is NCOS(=O)(=O)c1cncs1. The maximum atomic E-state index is 11.0. The third kappa shape index (κ3) is 1.96. The number of aromatic nitrogens is 1. The number of hydrogen-bond acceptors (Lipinski definition) is 6. The van der Waals surface area contributed by atoms with Crippen LogP contribution in [-0.4, -0.2) is 20.1 Å². The van der Waals surface area contributed by atoms with Crippen molar-refractivity contribution in [3.05, 3.63) is 11.7 Å². The van der Waals surface area contributed by atoms with Crippen molar-refractivity contribution in [1.29, 1.82) is 0 Å². The lowest BCUT2D eigenvalue weighted by molar-refractivity contribution is 0.330. The van der Waals surface area contributed by atoms with Gasteiger partial charge in [-0.1, -0.05) is 0 Å². The zero-order valence-electron chi connectivity index (χ0n) is 5.43. The van der Waals surface area contributed by atoms with E-state index in [0.717, 1.165) is 11.3 Å². The molecule has 2 N–H and O–H groups in total. The van der Waals surface area contributed by atoms with Crippen molar-refractivity contribution >= 4 is 21.5 Å². The van der Waals surface area contributed by atoms with Crippen LogP contribution in [0, 0.1) is 0 Å². The molecule has 1 aromatic rings. The molecule has 62 valence electrons. The maximum Gasteiger partial charge on any atom is 0.309 e. The molecule has 1 aromatic heterocycles. The van der Waals surface area contributed by atoms with Gasteiger partial charge in [0.1, 0.15) is 6.73 Å². The highest BCUT2D eigenvalue weighted by molar-refractivity contribution is 7.88. The summed E-state index contributed by atoms with van der Waals surface area (Å²) in [6, 6.07) is 0. The second-order valence-electron chi connectivity index (χ2n) is 1.56. The molecule has 0 amide bonds. The van der Waals surface area contributed by atoms with Gasteiger partial charge in [0.2, 0.25) is 0 Å². The Morgan fingerprint density at radius 3 is 2.91 bits per heavy atom. The predicted octanol–water partition coefficient (Wildman–Crippen LogP) is -0.235. The molecule has 0 saturated heterocycles. The maximum absolute atomic E-state index is 11.0. The Labute approximate surface area is 67.9 Å². The Hall–Kier alpha value is -0.500. The lowest BCUT2D eigenvalue weighted by atomic mass is 11.0. The van der Waals surface area contributed by atoms with Crippen LogP contribution in [0.2, 0.25) is 0 Å². The lowest BCUT2D eigenvalue weighted by Crippen LogP contribution is -2.11. The third-order valence-electron chi connectivity index (χ3n) is 0.879. The summed E-state index contributed by atoms with van der Waals surface area (Å²) in [5.41, 5.74) is 6.31. The summed E-state index contributed by atoms with van der Waals surface area (Å²) in [4.78, 5) is 3.59. The van der Waals surface area contributed by atoms with Crippen molar-refractivity contribution in [1.82, 2.24) is 4.98 Å². The summed E-state index contributed by atoms with van der Waals surface area (Å²) in [7, 11) is -3.64. The van der Waals surface area contributed by atoms with Gasteiger partial charge in [0.25, 0.3) is 0 Å². The van der Waals surface area contributed by atoms with Crippen molar-refractivity contribution in [2.45, 2.75) is 4.21 Å². The molecule has 0 radical (unpaired) electrons. The Kier molecular flexibility index (Phi) is 2.55. The first-order valence-electron chi connectivity index (χ1n) is 2.65. The highest BCUT2D eigenvalue weighted by Crippen LogP contribution is 2.15. The monoisotopic (exact) mass is 194 g/mol. The van der Waals surface area contributed by atoms with E-state index in [1.165, 1.54) is 11.7 Å². The number of hydrogen-bond donors (Lipinski definition) is 1. The molecule has 0 saturated carbocycles. The van der Waals surface area contributed by atoms with Gasteiger partial charge in [-0.25, -0.2) is 0 Å². The molecule has 0 spiro atoms. The molecule has 0 bridgehead atoms. The van der Waals surface area contributed by atoms with E-state index in [0.29, 0.717) is 0 Å². The van der Waals surface area contributed by atoms with Crippen molar-refractivity contribution in [2.75, 3.05) is 6.73 Å². The average molecular weight is 194 g/mol. The van der Waals surface area contributed by atoms with E-state index in [2.05, 4.69) is 9.17 Å². The first-order chi connectivity index (χ1) is 5.17. The molecule has 0 aliphatic rings. The molecule has 7 heteroatoms. The van der Waals surface area contributed by atoms with Crippen molar-refractivity contribution in [3.63, 3.8) is 0 Å². The largest absolute Gasteiger partial charge is 0.309 e. The van der Waals surface area contributed by atoms with Crippen LogP contribution < -0.4 is 5.73 Å². The summed E-state index contributed by atoms with van der Waals surface area (Å²) in [6.45, 7) is -0.347. The highest BCUT2D eigenvalue weighted by atomic mass is 32.3. The molecule has 11 heavy (non-hydrogen) atoms. The number of rotatable bonds is 3. The third-order valence-corrected chi connectivity index (χ3v) is 3.39. The average Bonchev–Trinajstić information content (AvgIpc) is 2.37. The van der Waals surface area contributed by atoms with Crippen LogP contribution in [0.1, 0.15) is 0 Å². The summed E-state index contributed by atoms with van der Waals surface area (Å²) < 4.78 is 26.3. The number of thiazole rings is 1. The van der Waals surface area contributed by atoms with Gasteiger partial charge in [0, 0.05) is 0 Å². The van der Waals surface area contributed by atoms with E-state index >= 15 is 0 Å². The molecule has 0 aliphatic heterocycles. The van der Waals surface area contributed by atoms with Crippen LogP contribution in [0.3, 0.4) is 0 Å². The summed E-state index contributed by atoms with van der Waals surface area (Å²) in [6.07, 6.45) is 1.22. The second kappa shape index (κ2) is 3.26. The summed E-state index contributed by atoms with van der Waals surface area (Å²) >= 11 is 0.990. The summed E-state index contributed by atoms with van der Waals surface area (Å²) in [5.74, 6) is 0. The second-order valence-corrected chi connectivity index (χ2v) is 4.29. The fourth-order valence-corrected chi connectivity index (χ4v) is 2.05. The zero-order valence-corrected chi connectivity index (χ0v) is 7.06. The van der Waals surface area contributed by atoms with Crippen molar-refractivity contribution in [3.8, 4) is 0 Å². The Bertz CT molecular complexity index is 304. The lowest BCUT2D eigenvalue weighted by Gasteiger charge is -1.96. The minimum absolute atomic E-state index is 0.0722. The fraction of sp³-hybridized carbons (Fsp3) is 0.250. The topological polar surface area (TPSA) is 82.3 Å². The van der Waals surface area contributed by atoms with Crippen LogP contribution in [0.5, 0.6) is 0 Å². The van der Waals surface area contributed by atoms with E-state index < -0.39 is 10.1 Å². The molecule has 5 nitrogen and oxygen atoms in total. The quantitative estimate of drug-likeness (QED) is 0.530. The minimum atomic E-state index is -3.64. The van der Waals surface area contributed by atoms with Crippen LogP contribution in [-0.2, 0) is 14.3 Å². The van der Waals surface area contributed by atoms with Gasteiger partial charge in [-0.3, -0.25) is 9.17 Å². The van der Waals surface area contributed by atoms with E-state index in [-0.39, 0.29) is 10.9 Å². The van der Waals surface area contributed by atoms with Gasteiger partial charge in [0.05, 0.1) is 11.7 Å². The Balaban J connectivity index is 2.92. The van der Waals surface area contributed by atoms with Crippen LogP contribution in [0.25, 0.3) is 0 Å². The first-order valence-corrected chi connectivity index (χ1v) is 4.93. The smallest absolute Gasteiger partial charge is 0.307 e. The minimum Gasteiger partial charge on any atom is -0.307 e. The van der Waals surface area contributed by atoms with Crippen LogP contribution >= 0.6 is 11.3 Å². The summed E-state index contributed by atoms with van der Waals surface area (Å²) in [5, 5.41) is 0. The normalized spacial score (nSPS) is 11.7. The van der Waals surface area contributed by atoms with Gasteiger partial charge >= 0.3 is 10.1 Å².